The highest BCUT2D eigenvalue weighted by Gasteiger charge is 2.19. The molecule has 0 heterocycles. The molecule has 0 aromatic heterocycles. The summed E-state index contributed by atoms with van der Waals surface area (Å²) >= 11 is 24.0. The summed E-state index contributed by atoms with van der Waals surface area (Å²) in [6.45, 7) is 0. The number of benzene rings is 1. The molecule has 0 nitrogen and oxygen atoms in total. The quantitative estimate of drug-likeness (QED) is 0.552. The zero-order valence-electron chi connectivity index (χ0n) is 6.44. The Morgan fingerprint density at radius 1 is 1.08 bits per heavy atom. The molecular weight excluding hydrogens is 270 g/mol. The van der Waals surface area contributed by atoms with Crippen molar-refractivity contribution in [2.75, 3.05) is 5.75 Å². The minimum absolute atomic E-state index is 0.430. The lowest BCUT2D eigenvalue weighted by Gasteiger charge is -2.09. The Balaban J connectivity index is 2.51. The van der Waals surface area contributed by atoms with E-state index in [-0.39, 0.29) is 0 Å². The maximum absolute atomic E-state index is 5.71. The fraction of sp³-hybridized carbons (Fsp3) is 0.250. The van der Waals surface area contributed by atoms with Crippen molar-refractivity contribution >= 4 is 58.2 Å². The smallest absolute Gasteiger partial charge is 0.122 e. The number of rotatable bonds is 2. The van der Waals surface area contributed by atoms with Gasteiger partial charge in [-0.25, -0.2) is 0 Å². The van der Waals surface area contributed by atoms with E-state index >= 15 is 0 Å². The zero-order chi connectivity index (χ0) is 9.90. The van der Waals surface area contributed by atoms with Crippen LogP contribution in [0.2, 0.25) is 5.02 Å². The molecule has 0 unspecified atom stereocenters. The topological polar surface area (TPSA) is 0 Å². The maximum atomic E-state index is 5.71. The highest BCUT2D eigenvalue weighted by molar-refractivity contribution is 7.99. The standard InChI is InChI=1S/C8H6Cl4S/c9-6-1-3-7(4-2-6)13-5-8(10,11)12/h1-4H,5H2. The molecule has 0 aliphatic carbocycles. The van der Waals surface area contributed by atoms with Crippen LogP contribution in [0.5, 0.6) is 0 Å². The van der Waals surface area contributed by atoms with Crippen LogP contribution in [-0.2, 0) is 0 Å². The second-order valence-corrected chi connectivity index (χ2v) is 6.36. The maximum Gasteiger partial charge on any atom is 0.199 e. The van der Waals surface area contributed by atoms with E-state index in [1.54, 1.807) is 0 Å². The second kappa shape index (κ2) is 4.99. The molecule has 0 bridgehead atoms. The minimum atomic E-state index is -1.20. The normalized spacial score (nSPS) is 11.7. The van der Waals surface area contributed by atoms with Gasteiger partial charge < -0.3 is 0 Å². The average molecular weight is 276 g/mol. The van der Waals surface area contributed by atoms with Crippen molar-refractivity contribution in [3.63, 3.8) is 0 Å². The van der Waals surface area contributed by atoms with Crippen molar-refractivity contribution in [2.45, 2.75) is 8.69 Å². The number of hydrogen-bond acceptors (Lipinski definition) is 1. The lowest BCUT2D eigenvalue weighted by atomic mass is 10.4. The summed E-state index contributed by atoms with van der Waals surface area (Å²) in [5, 5.41) is 0.707. The van der Waals surface area contributed by atoms with E-state index in [9.17, 15) is 0 Å². The molecule has 5 heteroatoms. The first-order chi connectivity index (χ1) is 5.97. The molecule has 13 heavy (non-hydrogen) atoms. The Kier molecular flexibility index (Phi) is 4.53. The van der Waals surface area contributed by atoms with Gasteiger partial charge in [0.05, 0.1) is 0 Å². The molecule has 0 fully saturated rings. The third-order valence-corrected chi connectivity index (χ3v) is 3.53. The predicted octanol–water partition coefficient (Wildman–Crippen LogP) is 4.80. The molecule has 0 N–H and O–H groups in total. The molecule has 0 atom stereocenters. The van der Waals surface area contributed by atoms with E-state index in [2.05, 4.69) is 0 Å². The molecular formula is C8H6Cl4S. The summed E-state index contributed by atoms with van der Waals surface area (Å²) in [6.07, 6.45) is 0. The molecule has 1 aromatic rings. The summed E-state index contributed by atoms with van der Waals surface area (Å²) in [7, 11) is 0. The number of hydrogen-bond donors (Lipinski definition) is 0. The molecule has 0 saturated heterocycles. The summed E-state index contributed by atoms with van der Waals surface area (Å²) in [4.78, 5) is 1.04. The Bertz CT molecular complexity index is 264. The molecule has 0 saturated carbocycles. The molecule has 72 valence electrons. The minimum Gasteiger partial charge on any atom is -0.122 e. The average Bonchev–Trinajstić information content (AvgIpc) is 2.02. The number of halogens is 4. The van der Waals surface area contributed by atoms with Crippen molar-refractivity contribution in [3.05, 3.63) is 29.3 Å². The first-order valence-electron chi connectivity index (χ1n) is 3.42. The summed E-state index contributed by atoms with van der Waals surface area (Å²) < 4.78 is -1.20. The first-order valence-corrected chi connectivity index (χ1v) is 5.92. The van der Waals surface area contributed by atoms with Crippen LogP contribution in [0.4, 0.5) is 0 Å². The Hall–Kier alpha value is 0.730. The van der Waals surface area contributed by atoms with Crippen molar-refractivity contribution in [1.29, 1.82) is 0 Å². The molecule has 1 aromatic carbocycles. The fourth-order valence-electron chi connectivity index (χ4n) is 0.696. The molecule has 0 aliphatic heterocycles. The van der Waals surface area contributed by atoms with E-state index in [4.69, 9.17) is 46.4 Å². The van der Waals surface area contributed by atoms with Gasteiger partial charge in [0.2, 0.25) is 0 Å². The van der Waals surface area contributed by atoms with E-state index in [0.717, 1.165) is 4.90 Å². The predicted molar refractivity (Wildman–Crippen MR) is 62.5 cm³/mol. The molecule has 0 spiro atoms. The van der Waals surface area contributed by atoms with Gasteiger partial charge in [-0.05, 0) is 24.3 Å². The van der Waals surface area contributed by atoms with E-state index in [1.165, 1.54) is 11.8 Å². The highest BCUT2D eigenvalue weighted by Crippen LogP contribution is 2.33. The van der Waals surface area contributed by atoms with Gasteiger partial charge in [0.1, 0.15) is 0 Å². The van der Waals surface area contributed by atoms with Gasteiger partial charge in [-0.15, -0.1) is 11.8 Å². The largest absolute Gasteiger partial charge is 0.199 e. The Morgan fingerprint density at radius 2 is 1.62 bits per heavy atom. The van der Waals surface area contributed by atoms with Crippen molar-refractivity contribution < 1.29 is 0 Å². The Labute approximate surface area is 101 Å². The fourth-order valence-corrected chi connectivity index (χ4v) is 1.97. The van der Waals surface area contributed by atoms with E-state index in [0.29, 0.717) is 10.8 Å². The summed E-state index contributed by atoms with van der Waals surface area (Å²) in [5.74, 6) is 0.430. The second-order valence-electron chi connectivity index (χ2n) is 2.36. The van der Waals surface area contributed by atoms with Gasteiger partial charge in [-0.2, -0.15) is 0 Å². The van der Waals surface area contributed by atoms with Gasteiger partial charge >= 0.3 is 0 Å². The van der Waals surface area contributed by atoms with Crippen LogP contribution in [0.3, 0.4) is 0 Å². The highest BCUT2D eigenvalue weighted by atomic mass is 35.6. The van der Waals surface area contributed by atoms with Crippen LogP contribution < -0.4 is 0 Å². The first kappa shape index (κ1) is 11.8. The van der Waals surface area contributed by atoms with Crippen LogP contribution >= 0.6 is 58.2 Å². The van der Waals surface area contributed by atoms with Crippen LogP contribution in [0.15, 0.2) is 29.2 Å². The van der Waals surface area contributed by atoms with E-state index in [1.807, 2.05) is 24.3 Å². The van der Waals surface area contributed by atoms with Gasteiger partial charge in [0, 0.05) is 15.7 Å². The number of thioether (sulfide) groups is 1. The van der Waals surface area contributed by atoms with Crippen LogP contribution in [0.1, 0.15) is 0 Å². The lowest BCUT2D eigenvalue weighted by Crippen LogP contribution is -2.04. The van der Waals surface area contributed by atoms with Crippen LogP contribution in [0.25, 0.3) is 0 Å². The van der Waals surface area contributed by atoms with Gasteiger partial charge in [0.25, 0.3) is 0 Å². The van der Waals surface area contributed by atoms with Gasteiger partial charge in [-0.1, -0.05) is 46.4 Å². The summed E-state index contributed by atoms with van der Waals surface area (Å²) in [5.41, 5.74) is 0. The van der Waals surface area contributed by atoms with Gasteiger partial charge in [0.15, 0.2) is 3.79 Å². The molecule has 0 amide bonds. The third-order valence-electron chi connectivity index (χ3n) is 1.22. The van der Waals surface area contributed by atoms with Crippen LogP contribution in [-0.4, -0.2) is 9.55 Å². The molecule has 0 aliphatic rings. The third kappa shape index (κ3) is 5.24. The monoisotopic (exact) mass is 274 g/mol. The lowest BCUT2D eigenvalue weighted by molar-refractivity contribution is 1.28. The van der Waals surface area contributed by atoms with Crippen LogP contribution in [0, 0.1) is 0 Å². The van der Waals surface area contributed by atoms with Crippen molar-refractivity contribution in [3.8, 4) is 0 Å². The zero-order valence-corrected chi connectivity index (χ0v) is 10.3. The van der Waals surface area contributed by atoms with Crippen molar-refractivity contribution in [2.24, 2.45) is 0 Å². The van der Waals surface area contributed by atoms with Crippen molar-refractivity contribution in [1.82, 2.24) is 0 Å². The summed E-state index contributed by atoms with van der Waals surface area (Å²) in [6, 6.07) is 7.40. The Morgan fingerprint density at radius 3 is 2.08 bits per heavy atom. The SMILES string of the molecule is Clc1ccc(SCC(Cl)(Cl)Cl)cc1. The van der Waals surface area contributed by atoms with E-state index < -0.39 is 3.79 Å². The molecule has 0 radical (unpaired) electrons. The number of alkyl halides is 3. The molecule has 1 rings (SSSR count). The van der Waals surface area contributed by atoms with Gasteiger partial charge in [-0.3, -0.25) is 0 Å².